The van der Waals surface area contributed by atoms with Crippen molar-refractivity contribution >= 4 is 0 Å². The molecular weight excluding hydrogens is 222 g/mol. The van der Waals surface area contributed by atoms with Gasteiger partial charge in [0.2, 0.25) is 0 Å². The molecule has 1 heterocycles. The highest BCUT2D eigenvalue weighted by Crippen LogP contribution is 2.11. The van der Waals surface area contributed by atoms with Crippen LogP contribution >= 0.6 is 0 Å². The molecule has 0 aromatic carbocycles. The average molecular weight is 255 g/mol. The highest BCUT2D eigenvalue weighted by molar-refractivity contribution is 4.79. The molecule has 0 bridgehead atoms. The third kappa shape index (κ3) is 5.25. The van der Waals surface area contributed by atoms with Crippen LogP contribution in [0.15, 0.2) is 0 Å². The number of piperazine rings is 1. The summed E-state index contributed by atoms with van der Waals surface area (Å²) in [5.74, 6) is 0.796. The highest BCUT2D eigenvalue weighted by Gasteiger charge is 2.23. The molecule has 18 heavy (non-hydrogen) atoms. The first-order valence-electron chi connectivity index (χ1n) is 7.71. The fourth-order valence-electron chi connectivity index (χ4n) is 2.82. The van der Waals surface area contributed by atoms with E-state index in [9.17, 15) is 0 Å². The maximum Gasteiger partial charge on any atom is 0.0221 e. The van der Waals surface area contributed by atoms with E-state index in [1.807, 2.05) is 0 Å². The zero-order valence-electron chi connectivity index (χ0n) is 13.2. The molecule has 0 aromatic rings. The van der Waals surface area contributed by atoms with Crippen molar-refractivity contribution in [1.29, 1.82) is 0 Å². The van der Waals surface area contributed by atoms with E-state index < -0.39 is 0 Å². The molecule has 0 N–H and O–H groups in total. The van der Waals surface area contributed by atoms with Crippen molar-refractivity contribution in [1.82, 2.24) is 14.7 Å². The molecule has 1 aliphatic rings. The molecule has 0 amide bonds. The molecule has 1 fully saturated rings. The van der Waals surface area contributed by atoms with Gasteiger partial charge in [0.1, 0.15) is 0 Å². The Kier molecular flexibility index (Phi) is 7.20. The monoisotopic (exact) mass is 255 g/mol. The molecule has 0 spiro atoms. The molecule has 0 radical (unpaired) electrons. The van der Waals surface area contributed by atoms with Crippen molar-refractivity contribution in [3.63, 3.8) is 0 Å². The topological polar surface area (TPSA) is 9.72 Å². The number of hydrogen-bond acceptors (Lipinski definition) is 3. The maximum atomic E-state index is 2.70. The minimum absolute atomic E-state index is 0.746. The van der Waals surface area contributed by atoms with Crippen LogP contribution in [0.5, 0.6) is 0 Å². The van der Waals surface area contributed by atoms with Crippen LogP contribution in [0.3, 0.4) is 0 Å². The van der Waals surface area contributed by atoms with Crippen molar-refractivity contribution < 1.29 is 0 Å². The molecule has 1 saturated heterocycles. The molecule has 3 heteroatoms. The first kappa shape index (κ1) is 15.9. The first-order chi connectivity index (χ1) is 8.56. The lowest BCUT2D eigenvalue weighted by Gasteiger charge is -2.40. The van der Waals surface area contributed by atoms with Crippen molar-refractivity contribution in [3.05, 3.63) is 0 Å². The van der Waals surface area contributed by atoms with Crippen LogP contribution in [0.25, 0.3) is 0 Å². The zero-order chi connectivity index (χ0) is 13.5. The Morgan fingerprint density at radius 1 is 1.06 bits per heavy atom. The second-order valence-electron chi connectivity index (χ2n) is 6.15. The van der Waals surface area contributed by atoms with Crippen LogP contribution in [0.4, 0.5) is 0 Å². The first-order valence-corrected chi connectivity index (χ1v) is 7.71. The molecule has 0 unspecified atom stereocenters. The second-order valence-corrected chi connectivity index (χ2v) is 6.15. The van der Waals surface area contributed by atoms with Gasteiger partial charge in [-0.3, -0.25) is 4.90 Å². The van der Waals surface area contributed by atoms with Crippen LogP contribution < -0.4 is 0 Å². The minimum Gasteiger partial charge on any atom is -0.305 e. The summed E-state index contributed by atoms with van der Waals surface area (Å²) < 4.78 is 0. The normalized spacial score (nSPS) is 20.8. The number of nitrogens with zero attached hydrogens (tertiary/aromatic N) is 3. The van der Waals surface area contributed by atoms with Gasteiger partial charge in [-0.15, -0.1) is 0 Å². The van der Waals surface area contributed by atoms with Gasteiger partial charge in [-0.1, -0.05) is 27.7 Å². The zero-order valence-corrected chi connectivity index (χ0v) is 13.2. The Morgan fingerprint density at radius 3 is 2.11 bits per heavy atom. The molecular formula is C15H33N3. The van der Waals surface area contributed by atoms with Crippen LogP contribution in [-0.2, 0) is 0 Å². The smallest absolute Gasteiger partial charge is 0.0221 e. The van der Waals surface area contributed by atoms with Crippen LogP contribution in [0, 0.1) is 5.92 Å². The summed E-state index contributed by atoms with van der Waals surface area (Å²) in [5.41, 5.74) is 0. The van der Waals surface area contributed by atoms with Crippen molar-refractivity contribution in [2.75, 3.05) is 52.9 Å². The van der Waals surface area contributed by atoms with E-state index in [2.05, 4.69) is 49.4 Å². The van der Waals surface area contributed by atoms with Crippen molar-refractivity contribution in [2.45, 2.75) is 40.2 Å². The molecule has 3 nitrogen and oxygen atoms in total. The van der Waals surface area contributed by atoms with Crippen LogP contribution in [-0.4, -0.2) is 73.6 Å². The second kappa shape index (κ2) is 8.13. The Morgan fingerprint density at radius 2 is 1.67 bits per heavy atom. The Bertz CT molecular complexity index is 210. The van der Waals surface area contributed by atoms with E-state index >= 15 is 0 Å². The van der Waals surface area contributed by atoms with E-state index in [0.717, 1.165) is 18.5 Å². The van der Waals surface area contributed by atoms with E-state index in [1.165, 1.54) is 45.7 Å². The lowest BCUT2D eigenvalue weighted by atomic mass is 10.1. The largest absolute Gasteiger partial charge is 0.305 e. The predicted molar refractivity (Wildman–Crippen MR) is 80.1 cm³/mol. The minimum atomic E-state index is 0.746. The lowest BCUT2D eigenvalue weighted by Crippen LogP contribution is -2.53. The average Bonchev–Trinajstić information content (AvgIpc) is 2.36. The van der Waals surface area contributed by atoms with E-state index in [1.54, 1.807) is 0 Å². The molecule has 1 aliphatic heterocycles. The molecule has 0 saturated carbocycles. The molecule has 0 aliphatic carbocycles. The summed E-state index contributed by atoms with van der Waals surface area (Å²) in [5, 5.41) is 0. The molecule has 0 aromatic heterocycles. The number of likely N-dealkylation sites (N-methyl/N-ethyl adjacent to an activating group) is 1. The fourth-order valence-corrected chi connectivity index (χ4v) is 2.82. The molecule has 1 atom stereocenters. The van der Waals surface area contributed by atoms with Gasteiger partial charge in [-0.05, 0) is 25.9 Å². The SMILES string of the molecule is CC[C@@H](CN(C)CC)N1CCN(CC(C)C)CC1. The third-order valence-electron chi connectivity index (χ3n) is 4.08. The van der Waals surface area contributed by atoms with Gasteiger partial charge in [0.15, 0.2) is 0 Å². The van der Waals surface area contributed by atoms with E-state index in [-0.39, 0.29) is 0 Å². The standard InChI is InChI=1S/C15H33N3/c1-6-15(13-16(5)7-2)18-10-8-17(9-11-18)12-14(3)4/h14-15H,6-13H2,1-5H3/t15-/m0/s1. The summed E-state index contributed by atoms with van der Waals surface area (Å²) in [7, 11) is 2.23. The van der Waals surface area contributed by atoms with Gasteiger partial charge in [0.05, 0.1) is 0 Å². The van der Waals surface area contributed by atoms with Gasteiger partial charge in [0.25, 0.3) is 0 Å². The Labute approximate surface area is 114 Å². The van der Waals surface area contributed by atoms with Crippen LogP contribution in [0.1, 0.15) is 34.1 Å². The summed E-state index contributed by atoms with van der Waals surface area (Å²) in [4.78, 5) is 7.76. The summed E-state index contributed by atoms with van der Waals surface area (Å²) in [6.07, 6.45) is 1.27. The predicted octanol–water partition coefficient (Wildman–Crippen LogP) is 1.99. The number of rotatable bonds is 7. The maximum absolute atomic E-state index is 2.70. The van der Waals surface area contributed by atoms with Gasteiger partial charge >= 0.3 is 0 Å². The van der Waals surface area contributed by atoms with Gasteiger partial charge in [-0.25, -0.2) is 0 Å². The Balaban J connectivity index is 2.35. The quantitative estimate of drug-likeness (QED) is 0.689. The van der Waals surface area contributed by atoms with Crippen LogP contribution in [0.2, 0.25) is 0 Å². The summed E-state index contributed by atoms with van der Waals surface area (Å²) in [6, 6.07) is 0.746. The van der Waals surface area contributed by atoms with E-state index in [4.69, 9.17) is 0 Å². The molecule has 108 valence electrons. The third-order valence-corrected chi connectivity index (χ3v) is 4.08. The van der Waals surface area contributed by atoms with Gasteiger partial charge < -0.3 is 9.80 Å². The van der Waals surface area contributed by atoms with Gasteiger partial charge in [0, 0.05) is 45.3 Å². The van der Waals surface area contributed by atoms with E-state index in [0.29, 0.717) is 0 Å². The van der Waals surface area contributed by atoms with Crippen molar-refractivity contribution in [2.24, 2.45) is 5.92 Å². The fraction of sp³-hybridized carbons (Fsp3) is 1.00. The molecule has 1 rings (SSSR count). The summed E-state index contributed by atoms with van der Waals surface area (Å²) >= 11 is 0. The highest BCUT2D eigenvalue weighted by atomic mass is 15.3. The number of hydrogen-bond donors (Lipinski definition) is 0. The Hall–Kier alpha value is -0.120. The summed E-state index contributed by atoms with van der Waals surface area (Å²) in [6.45, 7) is 17.9. The van der Waals surface area contributed by atoms with Crippen molar-refractivity contribution in [3.8, 4) is 0 Å². The lowest BCUT2D eigenvalue weighted by molar-refractivity contribution is 0.0732. The van der Waals surface area contributed by atoms with Gasteiger partial charge in [-0.2, -0.15) is 0 Å².